The van der Waals surface area contributed by atoms with Gasteiger partial charge in [-0.2, -0.15) is 0 Å². The largest absolute Gasteiger partial charge is 0.494 e. The third-order valence-electron chi connectivity index (χ3n) is 3.71. The summed E-state index contributed by atoms with van der Waals surface area (Å²) in [7, 11) is 0. The lowest BCUT2D eigenvalue weighted by atomic mass is 10.1. The van der Waals surface area contributed by atoms with Crippen molar-refractivity contribution in [1.29, 1.82) is 0 Å². The first-order valence-electron chi connectivity index (χ1n) is 9.07. The first-order valence-corrected chi connectivity index (χ1v) is 9.07. The fourth-order valence-corrected chi connectivity index (χ4v) is 2.35. The minimum atomic E-state index is -0.129. The Labute approximate surface area is 155 Å². The van der Waals surface area contributed by atoms with Crippen molar-refractivity contribution in [2.24, 2.45) is 5.92 Å². The summed E-state index contributed by atoms with van der Waals surface area (Å²) < 4.78 is 11.3. The number of para-hydroxylation sites is 2. The zero-order valence-corrected chi connectivity index (χ0v) is 15.7. The number of anilines is 2. The van der Waals surface area contributed by atoms with Crippen LogP contribution >= 0.6 is 0 Å². The molecule has 0 atom stereocenters. The van der Waals surface area contributed by atoms with Crippen LogP contribution in [0.2, 0.25) is 0 Å². The number of rotatable bonds is 10. The minimum absolute atomic E-state index is 0.129. The molecule has 0 heterocycles. The lowest BCUT2D eigenvalue weighted by Crippen LogP contribution is -2.22. The van der Waals surface area contributed by atoms with Gasteiger partial charge in [-0.15, -0.1) is 0 Å². The smallest absolute Gasteiger partial charge is 0.243 e. The van der Waals surface area contributed by atoms with Gasteiger partial charge < -0.3 is 20.1 Å². The summed E-state index contributed by atoms with van der Waals surface area (Å²) in [6.45, 7) is 7.66. The molecule has 0 spiro atoms. The van der Waals surface area contributed by atoms with Crippen LogP contribution in [0.25, 0.3) is 0 Å². The van der Waals surface area contributed by atoms with E-state index in [4.69, 9.17) is 9.47 Å². The van der Waals surface area contributed by atoms with E-state index in [0.717, 1.165) is 29.3 Å². The van der Waals surface area contributed by atoms with E-state index in [1.807, 2.05) is 55.5 Å². The molecule has 0 fully saturated rings. The Morgan fingerprint density at radius 3 is 2.65 bits per heavy atom. The molecule has 0 bridgehead atoms. The van der Waals surface area contributed by atoms with Crippen LogP contribution in [0, 0.1) is 5.92 Å². The van der Waals surface area contributed by atoms with E-state index < -0.39 is 0 Å². The Balaban J connectivity index is 1.86. The molecule has 1 amide bonds. The van der Waals surface area contributed by atoms with Crippen molar-refractivity contribution in [2.75, 3.05) is 30.4 Å². The van der Waals surface area contributed by atoms with Gasteiger partial charge in [-0.25, -0.2) is 0 Å². The number of carbonyl (C=O) groups excluding carboxylic acids is 1. The van der Waals surface area contributed by atoms with Crippen molar-refractivity contribution in [3.8, 4) is 11.5 Å². The molecule has 0 saturated carbocycles. The van der Waals surface area contributed by atoms with Crippen LogP contribution in [0.15, 0.2) is 48.5 Å². The maximum Gasteiger partial charge on any atom is 0.243 e. The topological polar surface area (TPSA) is 59.6 Å². The molecule has 0 aliphatic rings. The van der Waals surface area contributed by atoms with Crippen LogP contribution in [0.4, 0.5) is 11.4 Å². The van der Waals surface area contributed by atoms with Gasteiger partial charge in [0.05, 0.1) is 25.4 Å². The van der Waals surface area contributed by atoms with E-state index in [0.29, 0.717) is 19.1 Å². The second kappa shape index (κ2) is 10.3. The van der Waals surface area contributed by atoms with E-state index in [1.54, 1.807) is 0 Å². The fraction of sp³-hybridized carbons (Fsp3) is 0.381. The molecule has 2 aromatic carbocycles. The number of hydrogen-bond donors (Lipinski definition) is 2. The second-order valence-electron chi connectivity index (χ2n) is 6.39. The summed E-state index contributed by atoms with van der Waals surface area (Å²) in [5.41, 5.74) is 1.52. The molecule has 140 valence electrons. The highest BCUT2D eigenvalue weighted by Gasteiger charge is 2.07. The second-order valence-corrected chi connectivity index (χ2v) is 6.39. The van der Waals surface area contributed by atoms with Crippen LogP contribution in [-0.4, -0.2) is 25.7 Å². The fourth-order valence-electron chi connectivity index (χ4n) is 2.35. The van der Waals surface area contributed by atoms with Crippen molar-refractivity contribution in [2.45, 2.75) is 27.2 Å². The number of benzene rings is 2. The SMILES string of the molecule is CCOc1ccccc1NCC(=O)Nc1cccc(OCCC(C)C)c1. The Bertz CT molecular complexity index is 701. The quantitative estimate of drug-likeness (QED) is 0.655. The van der Waals surface area contributed by atoms with E-state index in [9.17, 15) is 4.79 Å². The van der Waals surface area contributed by atoms with Gasteiger partial charge in [-0.3, -0.25) is 4.79 Å². The molecule has 0 unspecified atom stereocenters. The zero-order chi connectivity index (χ0) is 18.8. The van der Waals surface area contributed by atoms with Gasteiger partial charge in [0, 0.05) is 11.8 Å². The number of hydrogen-bond acceptors (Lipinski definition) is 4. The van der Waals surface area contributed by atoms with Gasteiger partial charge in [-0.05, 0) is 43.5 Å². The molecule has 2 rings (SSSR count). The lowest BCUT2D eigenvalue weighted by Gasteiger charge is -2.13. The molecule has 2 aromatic rings. The summed E-state index contributed by atoms with van der Waals surface area (Å²) >= 11 is 0. The molecular weight excluding hydrogens is 328 g/mol. The molecule has 0 aliphatic carbocycles. The Morgan fingerprint density at radius 1 is 1.08 bits per heavy atom. The van der Waals surface area contributed by atoms with Crippen molar-refractivity contribution >= 4 is 17.3 Å². The summed E-state index contributed by atoms with van der Waals surface area (Å²) in [5.74, 6) is 1.97. The molecule has 2 N–H and O–H groups in total. The Morgan fingerprint density at radius 2 is 1.88 bits per heavy atom. The highest BCUT2D eigenvalue weighted by Crippen LogP contribution is 2.23. The van der Waals surface area contributed by atoms with Gasteiger partial charge in [0.2, 0.25) is 5.91 Å². The van der Waals surface area contributed by atoms with Crippen molar-refractivity contribution in [1.82, 2.24) is 0 Å². The van der Waals surface area contributed by atoms with E-state index in [1.165, 1.54) is 0 Å². The third kappa shape index (κ3) is 6.67. The van der Waals surface area contributed by atoms with Gasteiger partial charge >= 0.3 is 0 Å². The Kier molecular flexibility index (Phi) is 7.80. The molecule has 0 aliphatic heterocycles. The molecule has 0 saturated heterocycles. The van der Waals surface area contributed by atoms with Crippen LogP contribution < -0.4 is 20.1 Å². The number of ether oxygens (including phenoxy) is 2. The number of carbonyl (C=O) groups is 1. The first-order chi connectivity index (χ1) is 12.6. The first kappa shape index (κ1) is 19.6. The van der Waals surface area contributed by atoms with Crippen molar-refractivity contribution in [3.63, 3.8) is 0 Å². The maximum atomic E-state index is 12.2. The number of amides is 1. The van der Waals surface area contributed by atoms with Gasteiger partial charge in [0.15, 0.2) is 0 Å². The van der Waals surface area contributed by atoms with E-state index in [-0.39, 0.29) is 12.5 Å². The minimum Gasteiger partial charge on any atom is -0.494 e. The normalized spacial score (nSPS) is 10.5. The van der Waals surface area contributed by atoms with E-state index in [2.05, 4.69) is 24.5 Å². The van der Waals surface area contributed by atoms with Crippen LogP contribution in [0.1, 0.15) is 27.2 Å². The van der Waals surface area contributed by atoms with Crippen molar-refractivity contribution < 1.29 is 14.3 Å². The molecular formula is C21H28N2O3. The standard InChI is InChI=1S/C21H28N2O3/c1-4-25-20-11-6-5-10-19(20)22-15-21(24)23-17-8-7-9-18(14-17)26-13-12-16(2)3/h5-11,14,16,22H,4,12-13,15H2,1-3H3,(H,23,24). The summed E-state index contributed by atoms with van der Waals surface area (Å²) in [6, 6.07) is 15.0. The maximum absolute atomic E-state index is 12.2. The molecule has 0 radical (unpaired) electrons. The van der Waals surface area contributed by atoms with Crippen molar-refractivity contribution in [3.05, 3.63) is 48.5 Å². The average molecular weight is 356 g/mol. The summed E-state index contributed by atoms with van der Waals surface area (Å²) in [4.78, 5) is 12.2. The third-order valence-corrected chi connectivity index (χ3v) is 3.71. The van der Waals surface area contributed by atoms with Gasteiger partial charge in [0.1, 0.15) is 11.5 Å². The zero-order valence-electron chi connectivity index (χ0n) is 15.7. The monoisotopic (exact) mass is 356 g/mol. The molecule has 26 heavy (non-hydrogen) atoms. The highest BCUT2D eigenvalue weighted by molar-refractivity contribution is 5.94. The molecule has 5 heteroatoms. The number of nitrogens with one attached hydrogen (secondary N) is 2. The van der Waals surface area contributed by atoms with Crippen LogP contribution in [-0.2, 0) is 4.79 Å². The van der Waals surface area contributed by atoms with Gasteiger partial charge in [0.25, 0.3) is 0 Å². The van der Waals surface area contributed by atoms with Crippen LogP contribution in [0.5, 0.6) is 11.5 Å². The highest BCUT2D eigenvalue weighted by atomic mass is 16.5. The predicted octanol–water partition coefficient (Wildman–Crippen LogP) is 4.56. The summed E-state index contributed by atoms with van der Waals surface area (Å²) in [6.07, 6.45) is 1.000. The predicted molar refractivity (Wildman–Crippen MR) is 106 cm³/mol. The Hall–Kier alpha value is -2.69. The van der Waals surface area contributed by atoms with Crippen LogP contribution in [0.3, 0.4) is 0 Å². The van der Waals surface area contributed by atoms with Gasteiger partial charge in [-0.1, -0.05) is 32.0 Å². The lowest BCUT2D eigenvalue weighted by molar-refractivity contribution is -0.114. The molecule has 0 aromatic heterocycles. The van der Waals surface area contributed by atoms with E-state index >= 15 is 0 Å². The average Bonchev–Trinajstić information content (AvgIpc) is 2.61. The molecule has 5 nitrogen and oxygen atoms in total. The summed E-state index contributed by atoms with van der Waals surface area (Å²) in [5, 5.41) is 5.99.